The molecule has 0 bridgehead atoms. The van der Waals surface area contributed by atoms with Crippen molar-refractivity contribution in [3.63, 3.8) is 0 Å². The average Bonchev–Trinajstić information content (AvgIpc) is 2.81. The lowest BCUT2D eigenvalue weighted by atomic mass is 9.85. The molecule has 1 fully saturated rings. The first-order chi connectivity index (χ1) is 9.34. The molecule has 0 spiro atoms. The van der Waals surface area contributed by atoms with Crippen molar-refractivity contribution < 1.29 is 4.42 Å². The topological polar surface area (TPSA) is 39.2 Å². The molecular weight excluding hydrogens is 234 g/mol. The first-order valence-electron chi connectivity index (χ1n) is 7.58. The minimum atomic E-state index is 0.0606. The molecule has 3 rings (SSSR count). The standard InChI is InChI=1S/C17H23NO/c18-17(13-8-4-2-1-3-5-9-13)16-12-14-10-6-7-11-15(14)19-16/h6-7,10-13,17H,1-5,8-9,18H2. The van der Waals surface area contributed by atoms with Crippen LogP contribution in [-0.4, -0.2) is 0 Å². The molecule has 1 aromatic heterocycles. The van der Waals surface area contributed by atoms with Gasteiger partial charge < -0.3 is 10.2 Å². The van der Waals surface area contributed by atoms with Crippen molar-refractivity contribution in [3.05, 3.63) is 36.1 Å². The van der Waals surface area contributed by atoms with E-state index >= 15 is 0 Å². The van der Waals surface area contributed by atoms with Gasteiger partial charge in [-0.3, -0.25) is 0 Å². The smallest absolute Gasteiger partial charge is 0.134 e. The lowest BCUT2D eigenvalue weighted by molar-refractivity contribution is 0.301. The number of rotatable bonds is 2. The van der Waals surface area contributed by atoms with Gasteiger partial charge in [-0.05, 0) is 30.9 Å². The number of furan rings is 1. The van der Waals surface area contributed by atoms with Crippen LogP contribution in [0.25, 0.3) is 11.0 Å². The monoisotopic (exact) mass is 257 g/mol. The number of hydrogen-bond acceptors (Lipinski definition) is 2. The number of hydrogen-bond donors (Lipinski definition) is 1. The van der Waals surface area contributed by atoms with Crippen LogP contribution in [-0.2, 0) is 0 Å². The van der Waals surface area contributed by atoms with Crippen LogP contribution in [0.1, 0.15) is 56.7 Å². The molecule has 0 amide bonds. The third-order valence-electron chi connectivity index (χ3n) is 4.43. The van der Waals surface area contributed by atoms with Crippen LogP contribution >= 0.6 is 0 Å². The first-order valence-corrected chi connectivity index (χ1v) is 7.58. The van der Waals surface area contributed by atoms with E-state index in [-0.39, 0.29) is 6.04 Å². The highest BCUT2D eigenvalue weighted by atomic mass is 16.3. The Morgan fingerprint density at radius 1 is 1.00 bits per heavy atom. The summed E-state index contributed by atoms with van der Waals surface area (Å²) < 4.78 is 5.93. The predicted molar refractivity (Wildman–Crippen MR) is 79.0 cm³/mol. The molecule has 1 heterocycles. The Morgan fingerprint density at radius 2 is 1.68 bits per heavy atom. The Kier molecular flexibility index (Phi) is 3.88. The van der Waals surface area contributed by atoms with Gasteiger partial charge in [-0.25, -0.2) is 0 Å². The Balaban J connectivity index is 1.79. The zero-order chi connectivity index (χ0) is 13.1. The van der Waals surface area contributed by atoms with Gasteiger partial charge in [-0.2, -0.15) is 0 Å². The second-order valence-electron chi connectivity index (χ2n) is 5.82. The maximum atomic E-state index is 6.46. The zero-order valence-electron chi connectivity index (χ0n) is 11.5. The van der Waals surface area contributed by atoms with Crippen molar-refractivity contribution in [2.75, 3.05) is 0 Å². The van der Waals surface area contributed by atoms with E-state index in [1.165, 1.54) is 50.3 Å². The zero-order valence-corrected chi connectivity index (χ0v) is 11.5. The van der Waals surface area contributed by atoms with E-state index < -0.39 is 0 Å². The summed E-state index contributed by atoms with van der Waals surface area (Å²) in [5.41, 5.74) is 7.42. The summed E-state index contributed by atoms with van der Waals surface area (Å²) in [7, 11) is 0. The van der Waals surface area contributed by atoms with Crippen LogP contribution in [0.4, 0.5) is 0 Å². The van der Waals surface area contributed by atoms with Gasteiger partial charge in [0.15, 0.2) is 0 Å². The molecule has 0 saturated heterocycles. The average molecular weight is 257 g/mol. The fourth-order valence-corrected chi connectivity index (χ4v) is 3.25. The number of benzene rings is 1. The third kappa shape index (κ3) is 2.84. The molecule has 1 aliphatic rings. The van der Waals surface area contributed by atoms with Crippen LogP contribution in [0.2, 0.25) is 0 Å². The summed E-state index contributed by atoms with van der Waals surface area (Å²) in [6.07, 6.45) is 9.26. The van der Waals surface area contributed by atoms with Gasteiger partial charge in [-0.15, -0.1) is 0 Å². The van der Waals surface area contributed by atoms with E-state index in [9.17, 15) is 0 Å². The van der Waals surface area contributed by atoms with Gasteiger partial charge in [0.1, 0.15) is 11.3 Å². The molecule has 2 N–H and O–H groups in total. The van der Waals surface area contributed by atoms with E-state index in [4.69, 9.17) is 10.2 Å². The van der Waals surface area contributed by atoms with Crippen molar-refractivity contribution in [1.29, 1.82) is 0 Å². The normalized spacial score (nSPS) is 20.1. The summed E-state index contributed by atoms with van der Waals surface area (Å²) in [5.74, 6) is 1.55. The summed E-state index contributed by atoms with van der Waals surface area (Å²) in [6.45, 7) is 0. The van der Waals surface area contributed by atoms with Crippen molar-refractivity contribution >= 4 is 11.0 Å². The number of para-hydroxylation sites is 1. The summed E-state index contributed by atoms with van der Waals surface area (Å²) in [5, 5.41) is 1.17. The quantitative estimate of drug-likeness (QED) is 0.839. The molecular formula is C17H23NO. The second-order valence-corrected chi connectivity index (χ2v) is 5.82. The van der Waals surface area contributed by atoms with Gasteiger partial charge in [-0.1, -0.05) is 50.3 Å². The minimum absolute atomic E-state index is 0.0606. The Bertz CT molecular complexity index is 490. The van der Waals surface area contributed by atoms with Gasteiger partial charge in [0.25, 0.3) is 0 Å². The SMILES string of the molecule is NC(c1cc2ccccc2o1)C1CCCCCCC1. The van der Waals surface area contributed by atoms with Gasteiger partial charge in [0.2, 0.25) is 0 Å². The van der Waals surface area contributed by atoms with Crippen LogP contribution in [0.15, 0.2) is 34.7 Å². The fraction of sp³-hybridized carbons (Fsp3) is 0.529. The maximum absolute atomic E-state index is 6.46. The molecule has 19 heavy (non-hydrogen) atoms. The van der Waals surface area contributed by atoms with Crippen LogP contribution in [0.5, 0.6) is 0 Å². The number of nitrogens with two attached hydrogens (primary N) is 1. The molecule has 0 aliphatic heterocycles. The Morgan fingerprint density at radius 3 is 2.42 bits per heavy atom. The van der Waals surface area contributed by atoms with Crippen molar-refractivity contribution in [2.24, 2.45) is 11.7 Å². The Labute approximate surface area is 115 Å². The minimum Gasteiger partial charge on any atom is -0.459 e. The molecule has 1 saturated carbocycles. The summed E-state index contributed by atoms with van der Waals surface area (Å²) >= 11 is 0. The molecule has 102 valence electrons. The molecule has 2 nitrogen and oxygen atoms in total. The van der Waals surface area contributed by atoms with Crippen molar-refractivity contribution in [2.45, 2.75) is 51.0 Å². The van der Waals surface area contributed by atoms with Crippen molar-refractivity contribution in [1.82, 2.24) is 0 Å². The van der Waals surface area contributed by atoms with Crippen LogP contribution in [0, 0.1) is 5.92 Å². The van der Waals surface area contributed by atoms with Gasteiger partial charge in [0, 0.05) is 5.39 Å². The van der Waals surface area contributed by atoms with Gasteiger partial charge in [0.05, 0.1) is 6.04 Å². The van der Waals surface area contributed by atoms with Crippen LogP contribution < -0.4 is 5.73 Å². The highest BCUT2D eigenvalue weighted by Crippen LogP contribution is 2.33. The summed E-state index contributed by atoms with van der Waals surface area (Å²) in [4.78, 5) is 0. The van der Waals surface area contributed by atoms with E-state index in [1.807, 2.05) is 18.2 Å². The maximum Gasteiger partial charge on any atom is 0.134 e. The van der Waals surface area contributed by atoms with E-state index in [2.05, 4.69) is 12.1 Å². The second kappa shape index (κ2) is 5.79. The third-order valence-corrected chi connectivity index (χ3v) is 4.43. The number of fused-ring (bicyclic) bond motifs is 1. The Hall–Kier alpha value is -1.28. The molecule has 2 aromatic rings. The molecule has 1 atom stereocenters. The summed E-state index contributed by atoms with van der Waals surface area (Å²) in [6, 6.07) is 10.3. The first kappa shape index (κ1) is 12.7. The molecule has 1 aromatic carbocycles. The lowest BCUT2D eigenvalue weighted by Crippen LogP contribution is -2.21. The predicted octanol–water partition coefficient (Wildman–Crippen LogP) is 4.79. The fourth-order valence-electron chi connectivity index (χ4n) is 3.25. The molecule has 0 radical (unpaired) electrons. The van der Waals surface area contributed by atoms with E-state index in [1.54, 1.807) is 0 Å². The molecule has 1 aliphatic carbocycles. The highest BCUT2D eigenvalue weighted by Gasteiger charge is 2.23. The molecule has 1 unspecified atom stereocenters. The van der Waals surface area contributed by atoms with E-state index in [0.29, 0.717) is 5.92 Å². The van der Waals surface area contributed by atoms with Crippen LogP contribution in [0.3, 0.4) is 0 Å². The van der Waals surface area contributed by atoms with Gasteiger partial charge >= 0.3 is 0 Å². The highest BCUT2D eigenvalue weighted by molar-refractivity contribution is 5.77. The van der Waals surface area contributed by atoms with E-state index in [0.717, 1.165) is 11.3 Å². The van der Waals surface area contributed by atoms with Crippen molar-refractivity contribution in [3.8, 4) is 0 Å². The largest absolute Gasteiger partial charge is 0.459 e. The molecule has 2 heteroatoms. The lowest BCUT2D eigenvalue weighted by Gasteiger charge is -2.24.